The molecule has 0 aromatic carbocycles. The Labute approximate surface area is 150 Å². The molecule has 1 aromatic heterocycles. The molecule has 1 aromatic rings. The average molecular weight is 406 g/mol. The van der Waals surface area contributed by atoms with Gasteiger partial charge in [-0.3, -0.25) is 0 Å². The molecular formula is C17H26BrF2N3O. The summed E-state index contributed by atoms with van der Waals surface area (Å²) in [5.41, 5.74) is 5.48. The van der Waals surface area contributed by atoms with Gasteiger partial charge >= 0.3 is 0 Å². The van der Waals surface area contributed by atoms with Crippen LogP contribution in [0.1, 0.15) is 52.2 Å². The maximum absolute atomic E-state index is 13.2. The molecule has 0 radical (unpaired) electrons. The molecule has 4 nitrogen and oxygen atoms in total. The standard InChI is InChI=1S/C17H26BrF2N3O/c1-11(21)8-22-17(3,9-16(2)6-7-16)10-24-12-4-5-13(18)23-14(12)15(19)20/h4-5,11,15,22H,6-10,21H2,1-3H3. The monoisotopic (exact) mass is 405 g/mol. The number of hydrogen-bond acceptors (Lipinski definition) is 4. The van der Waals surface area contributed by atoms with E-state index in [-0.39, 0.29) is 23.0 Å². The smallest absolute Gasteiger partial charge is 0.284 e. The van der Waals surface area contributed by atoms with E-state index >= 15 is 0 Å². The van der Waals surface area contributed by atoms with E-state index in [1.807, 2.05) is 6.92 Å². The van der Waals surface area contributed by atoms with E-state index < -0.39 is 6.43 Å². The second-order valence-corrected chi connectivity index (χ2v) is 8.33. The van der Waals surface area contributed by atoms with Crippen molar-refractivity contribution >= 4 is 15.9 Å². The van der Waals surface area contributed by atoms with E-state index in [0.717, 1.165) is 6.42 Å². The van der Waals surface area contributed by atoms with Crippen molar-refractivity contribution < 1.29 is 13.5 Å². The van der Waals surface area contributed by atoms with Gasteiger partial charge in [-0.05, 0) is 66.6 Å². The van der Waals surface area contributed by atoms with Crippen LogP contribution in [0.2, 0.25) is 0 Å². The summed E-state index contributed by atoms with van der Waals surface area (Å²) in [4.78, 5) is 3.84. The lowest BCUT2D eigenvalue weighted by Crippen LogP contribution is -2.52. The Kier molecular flexibility index (Phi) is 6.20. The highest BCUT2D eigenvalue weighted by Crippen LogP contribution is 2.50. The van der Waals surface area contributed by atoms with Gasteiger partial charge in [0, 0.05) is 12.6 Å². The predicted molar refractivity (Wildman–Crippen MR) is 94.4 cm³/mol. The number of nitrogens with zero attached hydrogens (tertiary/aromatic N) is 1. The van der Waals surface area contributed by atoms with Crippen LogP contribution in [0, 0.1) is 5.41 Å². The first-order valence-electron chi connectivity index (χ1n) is 8.21. The van der Waals surface area contributed by atoms with Crippen molar-refractivity contribution in [3.8, 4) is 5.75 Å². The van der Waals surface area contributed by atoms with Gasteiger partial charge in [0.25, 0.3) is 6.43 Å². The molecule has 2 atom stereocenters. The van der Waals surface area contributed by atoms with Gasteiger partial charge < -0.3 is 15.8 Å². The number of aromatic nitrogens is 1. The number of alkyl halides is 2. The van der Waals surface area contributed by atoms with Crippen LogP contribution in [0.25, 0.3) is 0 Å². The van der Waals surface area contributed by atoms with Crippen molar-refractivity contribution in [2.75, 3.05) is 13.2 Å². The Morgan fingerprint density at radius 3 is 2.67 bits per heavy atom. The van der Waals surface area contributed by atoms with Crippen molar-refractivity contribution in [1.82, 2.24) is 10.3 Å². The minimum Gasteiger partial charge on any atom is -0.490 e. The quantitative estimate of drug-likeness (QED) is 0.608. The number of ether oxygens (including phenoxy) is 1. The number of halogens is 3. The zero-order valence-corrected chi connectivity index (χ0v) is 16.0. The van der Waals surface area contributed by atoms with Crippen molar-refractivity contribution in [2.45, 2.75) is 58.0 Å². The fraction of sp³-hybridized carbons (Fsp3) is 0.706. The van der Waals surface area contributed by atoms with Crippen LogP contribution in [0.5, 0.6) is 5.75 Å². The van der Waals surface area contributed by atoms with Gasteiger partial charge in [0.15, 0.2) is 0 Å². The molecular weight excluding hydrogens is 380 g/mol. The largest absolute Gasteiger partial charge is 0.490 e. The SMILES string of the molecule is CC(N)CNC(C)(COc1ccc(Br)nc1C(F)F)CC1(C)CC1. The van der Waals surface area contributed by atoms with Crippen molar-refractivity contribution in [3.05, 3.63) is 22.4 Å². The molecule has 2 unspecified atom stereocenters. The van der Waals surface area contributed by atoms with Gasteiger partial charge in [-0.2, -0.15) is 0 Å². The normalized spacial score (nSPS) is 19.8. The average Bonchev–Trinajstić information content (AvgIpc) is 3.20. The van der Waals surface area contributed by atoms with Crippen LogP contribution in [0.15, 0.2) is 16.7 Å². The molecule has 0 spiro atoms. The third kappa shape index (κ3) is 5.63. The van der Waals surface area contributed by atoms with Gasteiger partial charge in [0.1, 0.15) is 22.7 Å². The van der Waals surface area contributed by atoms with Crippen LogP contribution in [-0.4, -0.2) is 29.7 Å². The fourth-order valence-corrected chi connectivity index (χ4v) is 3.18. The molecule has 1 fully saturated rings. The highest BCUT2D eigenvalue weighted by molar-refractivity contribution is 9.10. The van der Waals surface area contributed by atoms with E-state index in [1.165, 1.54) is 18.9 Å². The van der Waals surface area contributed by atoms with Crippen LogP contribution in [0.4, 0.5) is 8.78 Å². The van der Waals surface area contributed by atoms with Crippen LogP contribution in [0.3, 0.4) is 0 Å². The number of hydrogen-bond donors (Lipinski definition) is 2. The second-order valence-electron chi connectivity index (χ2n) is 7.51. The van der Waals surface area contributed by atoms with E-state index in [4.69, 9.17) is 10.5 Å². The third-order valence-electron chi connectivity index (χ3n) is 4.38. The van der Waals surface area contributed by atoms with Gasteiger partial charge in [-0.15, -0.1) is 0 Å². The molecule has 0 bridgehead atoms. The molecule has 136 valence electrons. The molecule has 24 heavy (non-hydrogen) atoms. The first kappa shape index (κ1) is 19.5. The highest BCUT2D eigenvalue weighted by Gasteiger charge is 2.43. The molecule has 7 heteroatoms. The summed E-state index contributed by atoms with van der Waals surface area (Å²) in [7, 11) is 0. The Hall–Kier alpha value is -0.790. The van der Waals surface area contributed by atoms with Gasteiger partial charge in [0.05, 0.1) is 5.54 Å². The van der Waals surface area contributed by atoms with E-state index in [9.17, 15) is 8.78 Å². The zero-order chi connectivity index (χ0) is 18.0. The molecule has 1 aliphatic carbocycles. The highest BCUT2D eigenvalue weighted by atomic mass is 79.9. The van der Waals surface area contributed by atoms with Crippen LogP contribution < -0.4 is 15.8 Å². The first-order valence-corrected chi connectivity index (χ1v) is 9.00. The number of rotatable bonds is 9. The Morgan fingerprint density at radius 2 is 2.12 bits per heavy atom. The maximum Gasteiger partial charge on any atom is 0.284 e. The minimum atomic E-state index is -2.68. The summed E-state index contributed by atoms with van der Waals surface area (Å²) in [6, 6.07) is 3.15. The Bertz CT molecular complexity index is 567. The van der Waals surface area contributed by atoms with Gasteiger partial charge in [0.2, 0.25) is 0 Å². The lowest BCUT2D eigenvalue weighted by molar-refractivity contribution is 0.126. The minimum absolute atomic E-state index is 0.0160. The van der Waals surface area contributed by atoms with Gasteiger partial charge in [-0.1, -0.05) is 6.92 Å². The molecule has 1 aliphatic rings. The summed E-state index contributed by atoms with van der Waals surface area (Å²) in [5.74, 6) is 0.128. The summed E-state index contributed by atoms with van der Waals surface area (Å²) < 4.78 is 32.5. The molecule has 2 rings (SSSR count). The summed E-state index contributed by atoms with van der Waals surface area (Å²) in [6.45, 7) is 7.17. The summed E-state index contributed by atoms with van der Waals surface area (Å²) >= 11 is 3.12. The summed E-state index contributed by atoms with van der Waals surface area (Å²) in [6.07, 6.45) is 0.609. The second kappa shape index (κ2) is 7.62. The molecule has 3 N–H and O–H groups in total. The maximum atomic E-state index is 13.2. The molecule has 0 amide bonds. The summed E-state index contributed by atoms with van der Waals surface area (Å²) in [5, 5.41) is 3.46. The van der Waals surface area contributed by atoms with Gasteiger partial charge in [-0.25, -0.2) is 13.8 Å². The topological polar surface area (TPSA) is 60.2 Å². The van der Waals surface area contributed by atoms with Crippen LogP contribution >= 0.6 is 15.9 Å². The predicted octanol–water partition coefficient (Wildman–Crippen LogP) is 4.05. The zero-order valence-electron chi connectivity index (χ0n) is 14.4. The molecule has 1 saturated carbocycles. The number of pyridine rings is 1. The number of nitrogens with two attached hydrogens (primary N) is 1. The molecule has 0 aliphatic heterocycles. The Balaban J connectivity index is 2.09. The van der Waals surface area contributed by atoms with Crippen molar-refractivity contribution in [2.24, 2.45) is 11.1 Å². The van der Waals surface area contributed by atoms with Crippen LogP contribution in [-0.2, 0) is 0 Å². The van der Waals surface area contributed by atoms with E-state index in [0.29, 0.717) is 23.2 Å². The Morgan fingerprint density at radius 1 is 1.46 bits per heavy atom. The fourth-order valence-electron chi connectivity index (χ4n) is 2.86. The first-order chi connectivity index (χ1) is 11.1. The van der Waals surface area contributed by atoms with E-state index in [2.05, 4.69) is 40.1 Å². The van der Waals surface area contributed by atoms with E-state index in [1.54, 1.807) is 6.07 Å². The van der Waals surface area contributed by atoms with Crippen molar-refractivity contribution in [1.29, 1.82) is 0 Å². The number of nitrogens with one attached hydrogen (secondary N) is 1. The third-order valence-corrected chi connectivity index (χ3v) is 4.82. The van der Waals surface area contributed by atoms with Crippen molar-refractivity contribution in [3.63, 3.8) is 0 Å². The lowest BCUT2D eigenvalue weighted by Gasteiger charge is -2.34. The lowest BCUT2D eigenvalue weighted by atomic mass is 9.88. The molecule has 1 heterocycles. The molecule has 0 saturated heterocycles.